The van der Waals surface area contributed by atoms with Crippen LogP contribution >= 0.6 is 11.6 Å². The predicted octanol–water partition coefficient (Wildman–Crippen LogP) is 1.70. The first-order valence-electron chi connectivity index (χ1n) is 4.97. The first-order valence-corrected chi connectivity index (χ1v) is 5.35. The Labute approximate surface area is 98.5 Å². The second-order valence-corrected chi connectivity index (χ2v) is 4.25. The zero-order valence-electron chi connectivity index (χ0n) is 8.77. The van der Waals surface area contributed by atoms with Gasteiger partial charge in [-0.1, -0.05) is 11.6 Å². The lowest BCUT2D eigenvalue weighted by Crippen LogP contribution is -2.30. The van der Waals surface area contributed by atoms with E-state index < -0.39 is 0 Å². The summed E-state index contributed by atoms with van der Waals surface area (Å²) in [5, 5.41) is 4.38. The molecule has 4 nitrogen and oxygen atoms in total. The van der Waals surface area contributed by atoms with Gasteiger partial charge in [-0.05, 0) is 25.1 Å². The van der Waals surface area contributed by atoms with Gasteiger partial charge in [0.1, 0.15) is 0 Å². The third-order valence-corrected chi connectivity index (χ3v) is 2.87. The van der Waals surface area contributed by atoms with E-state index in [1.165, 1.54) is 0 Å². The van der Waals surface area contributed by atoms with Gasteiger partial charge in [0, 0.05) is 22.5 Å². The monoisotopic (exact) mass is 237 g/mol. The quantitative estimate of drug-likeness (QED) is 0.608. The zero-order valence-corrected chi connectivity index (χ0v) is 9.53. The van der Waals surface area contributed by atoms with Gasteiger partial charge in [0.25, 0.3) is 0 Å². The van der Waals surface area contributed by atoms with E-state index in [4.69, 9.17) is 17.3 Å². The van der Waals surface area contributed by atoms with E-state index in [-0.39, 0.29) is 17.7 Å². The number of nitrogens with zero attached hydrogens (tertiary/aromatic N) is 1. The second kappa shape index (κ2) is 4.14. The number of halogens is 1. The molecule has 0 aliphatic carbocycles. The molecule has 2 rings (SSSR count). The highest BCUT2D eigenvalue weighted by atomic mass is 35.5. The number of hydrogen-bond donors (Lipinski definition) is 2. The summed E-state index contributed by atoms with van der Waals surface area (Å²) in [6.45, 7) is 1.90. The van der Waals surface area contributed by atoms with Gasteiger partial charge in [0.15, 0.2) is 5.78 Å². The second-order valence-electron chi connectivity index (χ2n) is 3.82. The Morgan fingerprint density at radius 1 is 1.56 bits per heavy atom. The molecular formula is C11H12ClN3O. The van der Waals surface area contributed by atoms with E-state index in [1.807, 2.05) is 6.92 Å². The number of benzene rings is 1. The molecule has 0 spiro atoms. The Morgan fingerprint density at radius 2 is 2.31 bits per heavy atom. The first kappa shape index (κ1) is 11.0. The molecule has 0 bridgehead atoms. The van der Waals surface area contributed by atoms with Gasteiger partial charge in [0.05, 0.1) is 12.0 Å². The molecule has 1 aromatic carbocycles. The molecule has 0 fully saturated rings. The van der Waals surface area contributed by atoms with E-state index in [0.717, 1.165) is 0 Å². The standard InChI is InChI=1S/C11H12ClN3O/c1-6-9(5-14-15-6)11(16)8-4-7(12)2-3-10(8)13/h2-6,9,15H,13H2,1H3. The van der Waals surface area contributed by atoms with Crippen molar-refractivity contribution in [3.8, 4) is 0 Å². The molecule has 2 unspecified atom stereocenters. The van der Waals surface area contributed by atoms with Crippen LogP contribution in [0.2, 0.25) is 5.02 Å². The van der Waals surface area contributed by atoms with Crippen LogP contribution < -0.4 is 11.2 Å². The van der Waals surface area contributed by atoms with Gasteiger partial charge in [-0.25, -0.2) is 0 Å². The van der Waals surface area contributed by atoms with E-state index >= 15 is 0 Å². The van der Waals surface area contributed by atoms with Crippen molar-refractivity contribution >= 4 is 29.3 Å². The van der Waals surface area contributed by atoms with Crippen LogP contribution in [0, 0.1) is 5.92 Å². The molecule has 2 atom stereocenters. The minimum Gasteiger partial charge on any atom is -0.398 e. The molecule has 1 aromatic rings. The fraction of sp³-hybridized carbons (Fsp3) is 0.273. The fourth-order valence-electron chi connectivity index (χ4n) is 1.67. The van der Waals surface area contributed by atoms with Crippen molar-refractivity contribution in [3.05, 3.63) is 28.8 Å². The normalized spacial score (nSPS) is 23.1. The van der Waals surface area contributed by atoms with Crippen LogP contribution in [0.5, 0.6) is 0 Å². The summed E-state index contributed by atoms with van der Waals surface area (Å²) in [6.07, 6.45) is 1.60. The Morgan fingerprint density at radius 3 is 2.94 bits per heavy atom. The largest absolute Gasteiger partial charge is 0.398 e. The van der Waals surface area contributed by atoms with E-state index in [9.17, 15) is 4.79 Å². The van der Waals surface area contributed by atoms with Crippen LogP contribution in [0.25, 0.3) is 0 Å². The molecule has 1 aliphatic rings. The molecule has 0 saturated heterocycles. The predicted molar refractivity (Wildman–Crippen MR) is 64.8 cm³/mol. The number of ketones is 1. The third kappa shape index (κ3) is 1.88. The molecule has 16 heavy (non-hydrogen) atoms. The van der Waals surface area contributed by atoms with Crippen molar-refractivity contribution in [1.82, 2.24) is 5.43 Å². The van der Waals surface area contributed by atoms with Crippen LogP contribution in [-0.2, 0) is 0 Å². The van der Waals surface area contributed by atoms with Crippen molar-refractivity contribution < 1.29 is 4.79 Å². The maximum Gasteiger partial charge on any atom is 0.175 e. The number of nitrogens with two attached hydrogens (primary N) is 1. The summed E-state index contributed by atoms with van der Waals surface area (Å²) in [5.74, 6) is -0.331. The summed E-state index contributed by atoms with van der Waals surface area (Å²) in [4.78, 5) is 12.2. The van der Waals surface area contributed by atoms with Crippen LogP contribution in [0.15, 0.2) is 23.3 Å². The van der Waals surface area contributed by atoms with E-state index in [2.05, 4.69) is 10.5 Å². The van der Waals surface area contributed by atoms with Crippen LogP contribution in [0.4, 0.5) is 5.69 Å². The van der Waals surface area contributed by atoms with Gasteiger partial charge >= 0.3 is 0 Å². The van der Waals surface area contributed by atoms with Crippen molar-refractivity contribution in [1.29, 1.82) is 0 Å². The van der Waals surface area contributed by atoms with Gasteiger partial charge < -0.3 is 11.2 Å². The smallest absolute Gasteiger partial charge is 0.175 e. The number of rotatable bonds is 2. The highest BCUT2D eigenvalue weighted by Gasteiger charge is 2.28. The molecule has 5 heteroatoms. The average molecular weight is 238 g/mol. The fourth-order valence-corrected chi connectivity index (χ4v) is 1.84. The lowest BCUT2D eigenvalue weighted by molar-refractivity contribution is 0.0947. The molecule has 84 valence electrons. The summed E-state index contributed by atoms with van der Waals surface area (Å²) >= 11 is 5.85. The zero-order chi connectivity index (χ0) is 11.7. The summed E-state index contributed by atoms with van der Waals surface area (Å²) < 4.78 is 0. The number of Topliss-reactive ketones (excluding diaryl/α,β-unsaturated/α-hetero) is 1. The lowest BCUT2D eigenvalue weighted by atomic mass is 9.93. The lowest BCUT2D eigenvalue weighted by Gasteiger charge is -2.13. The SMILES string of the molecule is CC1NN=CC1C(=O)c1cc(Cl)ccc1N. The number of nitrogen functional groups attached to an aromatic ring is 1. The number of carbonyl (C=O) groups is 1. The maximum atomic E-state index is 12.2. The van der Waals surface area contributed by atoms with Gasteiger partial charge in [-0.2, -0.15) is 5.10 Å². The molecule has 1 heterocycles. The summed E-state index contributed by atoms with van der Waals surface area (Å²) in [7, 11) is 0. The van der Waals surface area contributed by atoms with Crippen LogP contribution in [0.3, 0.4) is 0 Å². The van der Waals surface area contributed by atoms with Crippen molar-refractivity contribution in [3.63, 3.8) is 0 Å². The molecular weight excluding hydrogens is 226 g/mol. The minimum absolute atomic E-state index is 0.00844. The van der Waals surface area contributed by atoms with Crippen LogP contribution in [-0.4, -0.2) is 18.0 Å². The first-order chi connectivity index (χ1) is 7.59. The number of hydrazone groups is 1. The summed E-state index contributed by atoms with van der Waals surface area (Å²) in [5.41, 5.74) is 9.49. The Balaban J connectivity index is 2.33. The van der Waals surface area contributed by atoms with E-state index in [1.54, 1.807) is 24.4 Å². The molecule has 0 amide bonds. The van der Waals surface area contributed by atoms with Gasteiger partial charge in [-0.15, -0.1) is 0 Å². The highest BCUT2D eigenvalue weighted by Crippen LogP contribution is 2.22. The van der Waals surface area contributed by atoms with Crippen molar-refractivity contribution in [2.75, 3.05) is 5.73 Å². The Bertz CT molecular complexity index is 459. The Kier molecular flexibility index (Phi) is 2.83. The highest BCUT2D eigenvalue weighted by molar-refractivity contribution is 6.31. The van der Waals surface area contributed by atoms with Crippen LogP contribution in [0.1, 0.15) is 17.3 Å². The maximum absolute atomic E-state index is 12.2. The van der Waals surface area contributed by atoms with Crippen molar-refractivity contribution in [2.24, 2.45) is 11.0 Å². The topological polar surface area (TPSA) is 67.5 Å². The molecule has 1 aliphatic heterocycles. The Hall–Kier alpha value is -1.55. The number of anilines is 1. The van der Waals surface area contributed by atoms with Gasteiger partial charge in [-0.3, -0.25) is 4.79 Å². The molecule has 0 radical (unpaired) electrons. The average Bonchev–Trinajstić information content (AvgIpc) is 2.67. The molecule has 0 aromatic heterocycles. The van der Waals surface area contributed by atoms with E-state index in [0.29, 0.717) is 16.3 Å². The van der Waals surface area contributed by atoms with Crippen molar-refractivity contribution in [2.45, 2.75) is 13.0 Å². The van der Waals surface area contributed by atoms with Gasteiger partial charge in [0.2, 0.25) is 0 Å². The number of carbonyl (C=O) groups excluding carboxylic acids is 1. The number of hydrogen-bond acceptors (Lipinski definition) is 4. The number of nitrogens with one attached hydrogen (secondary N) is 1. The molecule has 3 N–H and O–H groups in total. The molecule has 0 saturated carbocycles. The third-order valence-electron chi connectivity index (χ3n) is 2.64. The summed E-state index contributed by atoms with van der Waals surface area (Å²) in [6, 6.07) is 4.89. The minimum atomic E-state index is -0.277.